The number of fused-ring (bicyclic) bond motifs is 1. The van der Waals surface area contributed by atoms with Gasteiger partial charge in [0.2, 0.25) is 0 Å². The summed E-state index contributed by atoms with van der Waals surface area (Å²) in [5, 5.41) is 5.63. The maximum absolute atomic E-state index is 13.9. The van der Waals surface area contributed by atoms with E-state index in [0.717, 1.165) is 12.1 Å². The van der Waals surface area contributed by atoms with Crippen LogP contribution < -0.4 is 10.6 Å². The Morgan fingerprint density at radius 1 is 1.09 bits per heavy atom. The van der Waals surface area contributed by atoms with E-state index in [1.807, 2.05) is 0 Å². The van der Waals surface area contributed by atoms with Crippen LogP contribution in [0.4, 0.5) is 18.9 Å². The standard InChI is InChI=1S/C22H12BrCl2F3N2O2/c23-9-5-15-18(19(30-22(15)32)14-8-11(26)2-4-16(14)25)17(6-9)29-21(31)13-7-10(24)1-3-12(13)20(27)28/h1-8,19-20H,(H,29,31)(H,30,32). The van der Waals surface area contributed by atoms with E-state index in [9.17, 15) is 22.8 Å². The highest BCUT2D eigenvalue weighted by Gasteiger charge is 2.35. The van der Waals surface area contributed by atoms with E-state index in [2.05, 4.69) is 26.6 Å². The average molecular weight is 544 g/mol. The average Bonchev–Trinajstić information content (AvgIpc) is 3.05. The minimum absolute atomic E-state index is 0.111. The molecule has 0 aromatic heterocycles. The number of halogens is 6. The molecule has 0 radical (unpaired) electrons. The predicted octanol–water partition coefficient (Wildman–Crippen LogP) is 6.92. The zero-order valence-corrected chi connectivity index (χ0v) is 19.0. The molecule has 1 aliphatic rings. The molecule has 0 saturated heterocycles. The molecule has 1 aliphatic heterocycles. The van der Waals surface area contributed by atoms with Crippen molar-refractivity contribution in [1.29, 1.82) is 0 Å². The molecule has 0 spiro atoms. The van der Waals surface area contributed by atoms with Crippen molar-refractivity contribution in [3.63, 3.8) is 0 Å². The van der Waals surface area contributed by atoms with Crippen LogP contribution in [-0.2, 0) is 0 Å². The maximum Gasteiger partial charge on any atom is 0.264 e. The molecule has 0 bridgehead atoms. The molecule has 0 saturated carbocycles. The van der Waals surface area contributed by atoms with Gasteiger partial charge in [-0.15, -0.1) is 0 Å². The number of alkyl halides is 2. The topological polar surface area (TPSA) is 58.2 Å². The van der Waals surface area contributed by atoms with E-state index in [1.165, 1.54) is 36.4 Å². The highest BCUT2D eigenvalue weighted by Crippen LogP contribution is 2.41. The van der Waals surface area contributed by atoms with Crippen LogP contribution in [0.3, 0.4) is 0 Å². The molecule has 0 fully saturated rings. The Bertz CT molecular complexity index is 1270. The Kier molecular flexibility index (Phi) is 6.20. The third kappa shape index (κ3) is 4.22. The smallest absolute Gasteiger partial charge is 0.264 e. The van der Waals surface area contributed by atoms with Crippen LogP contribution in [0.1, 0.15) is 49.9 Å². The summed E-state index contributed by atoms with van der Waals surface area (Å²) in [6, 6.07) is 9.39. The van der Waals surface area contributed by atoms with E-state index in [-0.39, 0.29) is 32.4 Å². The van der Waals surface area contributed by atoms with E-state index >= 15 is 0 Å². The molecule has 164 valence electrons. The van der Waals surface area contributed by atoms with Gasteiger partial charge in [-0.3, -0.25) is 9.59 Å². The molecule has 1 atom stereocenters. The zero-order valence-electron chi connectivity index (χ0n) is 15.9. The third-order valence-corrected chi connectivity index (χ3v) is 6.00. The van der Waals surface area contributed by atoms with E-state index in [1.54, 1.807) is 0 Å². The van der Waals surface area contributed by atoms with Gasteiger partial charge in [0.1, 0.15) is 5.82 Å². The number of carbonyl (C=O) groups is 2. The summed E-state index contributed by atoms with van der Waals surface area (Å²) in [5.41, 5.74) is 0.215. The van der Waals surface area contributed by atoms with Gasteiger partial charge < -0.3 is 10.6 Å². The number of rotatable bonds is 4. The molecule has 3 aromatic rings. The Morgan fingerprint density at radius 3 is 2.56 bits per heavy atom. The number of hydrogen-bond donors (Lipinski definition) is 2. The first-order valence-electron chi connectivity index (χ1n) is 9.14. The van der Waals surface area contributed by atoms with Crippen molar-refractivity contribution in [2.24, 2.45) is 0 Å². The van der Waals surface area contributed by atoms with E-state index in [4.69, 9.17) is 23.2 Å². The summed E-state index contributed by atoms with van der Waals surface area (Å²) in [5.74, 6) is -1.86. The van der Waals surface area contributed by atoms with Crippen molar-refractivity contribution in [1.82, 2.24) is 5.32 Å². The molecule has 4 rings (SSSR count). The minimum Gasteiger partial charge on any atom is -0.341 e. The normalized spacial score (nSPS) is 15.0. The van der Waals surface area contributed by atoms with Crippen molar-refractivity contribution >= 4 is 56.6 Å². The monoisotopic (exact) mass is 542 g/mol. The first-order valence-corrected chi connectivity index (χ1v) is 10.7. The number of carbonyl (C=O) groups excluding carboxylic acids is 2. The number of benzene rings is 3. The predicted molar refractivity (Wildman–Crippen MR) is 119 cm³/mol. The second-order valence-electron chi connectivity index (χ2n) is 6.97. The fraction of sp³-hybridized carbons (Fsp3) is 0.0909. The Morgan fingerprint density at radius 2 is 1.84 bits per heavy atom. The number of amides is 2. The maximum atomic E-state index is 13.9. The van der Waals surface area contributed by atoms with Gasteiger partial charge in [-0.1, -0.05) is 45.2 Å². The lowest BCUT2D eigenvalue weighted by molar-refractivity contribution is 0.0959. The summed E-state index contributed by atoms with van der Waals surface area (Å²) < 4.78 is 41.2. The Labute approximate surface area is 198 Å². The van der Waals surface area contributed by atoms with Crippen LogP contribution in [0.25, 0.3) is 0 Å². The van der Waals surface area contributed by atoms with Gasteiger partial charge in [-0.25, -0.2) is 13.2 Å². The van der Waals surface area contributed by atoms with Crippen molar-refractivity contribution in [3.05, 3.63) is 96.7 Å². The van der Waals surface area contributed by atoms with Crippen molar-refractivity contribution < 1.29 is 22.8 Å². The molecule has 10 heteroatoms. The van der Waals surface area contributed by atoms with Crippen LogP contribution >= 0.6 is 39.1 Å². The molecule has 2 N–H and O–H groups in total. The van der Waals surface area contributed by atoms with Crippen LogP contribution in [0, 0.1) is 5.82 Å². The number of hydrogen-bond acceptors (Lipinski definition) is 2. The first-order chi connectivity index (χ1) is 15.2. The fourth-order valence-electron chi connectivity index (χ4n) is 3.58. The lowest BCUT2D eigenvalue weighted by atomic mass is 9.96. The fourth-order valence-corrected chi connectivity index (χ4v) is 4.43. The Hall–Kier alpha value is -2.55. The lowest BCUT2D eigenvalue weighted by Gasteiger charge is -2.19. The minimum atomic E-state index is -2.90. The second-order valence-corrected chi connectivity index (χ2v) is 8.73. The summed E-state index contributed by atoms with van der Waals surface area (Å²) >= 11 is 15.4. The van der Waals surface area contributed by atoms with Crippen LogP contribution in [0.2, 0.25) is 10.0 Å². The summed E-state index contributed by atoms with van der Waals surface area (Å²) in [6.07, 6.45) is -2.90. The van der Waals surface area contributed by atoms with Crippen molar-refractivity contribution in [3.8, 4) is 0 Å². The van der Waals surface area contributed by atoms with E-state index < -0.39 is 35.7 Å². The Balaban J connectivity index is 1.82. The molecule has 0 aliphatic carbocycles. The third-order valence-electron chi connectivity index (χ3n) is 4.97. The summed E-state index contributed by atoms with van der Waals surface area (Å²) in [6.45, 7) is 0. The molecule has 1 unspecified atom stereocenters. The van der Waals surface area contributed by atoms with Crippen LogP contribution in [-0.4, -0.2) is 11.8 Å². The first kappa shape index (κ1) is 22.6. The molecule has 1 heterocycles. The molecular weight excluding hydrogens is 532 g/mol. The zero-order chi connectivity index (χ0) is 23.2. The highest BCUT2D eigenvalue weighted by atomic mass is 79.9. The van der Waals surface area contributed by atoms with Crippen molar-refractivity contribution in [2.75, 3.05) is 5.32 Å². The number of anilines is 1. The summed E-state index contributed by atoms with van der Waals surface area (Å²) in [7, 11) is 0. The molecule has 32 heavy (non-hydrogen) atoms. The van der Waals surface area contributed by atoms with Gasteiger partial charge in [0, 0.05) is 42.5 Å². The molecule has 4 nitrogen and oxygen atoms in total. The van der Waals surface area contributed by atoms with Gasteiger partial charge in [-0.05, 0) is 42.5 Å². The van der Waals surface area contributed by atoms with E-state index in [0.29, 0.717) is 10.0 Å². The molecular formula is C22H12BrCl2F3N2O2. The second kappa shape index (κ2) is 8.77. The van der Waals surface area contributed by atoms with Crippen LogP contribution in [0.5, 0.6) is 0 Å². The quantitative estimate of drug-likeness (QED) is 0.375. The largest absolute Gasteiger partial charge is 0.341 e. The lowest BCUT2D eigenvalue weighted by Crippen LogP contribution is -2.21. The molecule has 2 amide bonds. The van der Waals surface area contributed by atoms with Gasteiger partial charge >= 0.3 is 0 Å². The SMILES string of the molecule is O=C(Nc1cc(Br)cc2c1C(c1cc(F)ccc1Cl)NC2=O)c1cc(Cl)ccc1C(F)F. The van der Waals surface area contributed by atoms with Gasteiger partial charge in [-0.2, -0.15) is 0 Å². The van der Waals surface area contributed by atoms with Gasteiger partial charge in [0.05, 0.1) is 11.6 Å². The molecule has 3 aromatic carbocycles. The van der Waals surface area contributed by atoms with Gasteiger partial charge in [0.15, 0.2) is 0 Å². The highest BCUT2D eigenvalue weighted by molar-refractivity contribution is 9.10. The van der Waals surface area contributed by atoms with Crippen LogP contribution in [0.15, 0.2) is 53.0 Å². The number of nitrogens with one attached hydrogen (secondary N) is 2. The van der Waals surface area contributed by atoms with Gasteiger partial charge in [0.25, 0.3) is 18.2 Å². The summed E-state index contributed by atoms with van der Waals surface area (Å²) in [4.78, 5) is 25.5. The van der Waals surface area contributed by atoms with Crippen molar-refractivity contribution in [2.45, 2.75) is 12.5 Å².